The van der Waals surface area contributed by atoms with E-state index in [0.717, 1.165) is 17.0 Å². The van der Waals surface area contributed by atoms with E-state index in [4.69, 9.17) is 11.6 Å². The van der Waals surface area contributed by atoms with Crippen molar-refractivity contribution in [3.05, 3.63) is 74.5 Å². The molecule has 0 aliphatic carbocycles. The molecule has 0 aliphatic heterocycles. The molecular weight excluding hydrogens is 408 g/mol. The van der Waals surface area contributed by atoms with Crippen molar-refractivity contribution in [1.29, 1.82) is 0 Å². The summed E-state index contributed by atoms with van der Waals surface area (Å²) >= 11 is 7.22. The highest BCUT2D eigenvalue weighted by Crippen LogP contribution is 2.26. The Bertz CT molecular complexity index is 1280. The molecule has 4 aromatic rings. The van der Waals surface area contributed by atoms with Crippen LogP contribution in [0.4, 0.5) is 5.13 Å². The Balaban J connectivity index is 1.66. The van der Waals surface area contributed by atoms with Crippen molar-refractivity contribution >= 4 is 45.0 Å². The number of hydrogen-bond donors (Lipinski definition) is 1. The van der Waals surface area contributed by atoms with Gasteiger partial charge in [-0.1, -0.05) is 23.7 Å². The molecule has 0 aliphatic rings. The van der Waals surface area contributed by atoms with E-state index in [-0.39, 0.29) is 11.0 Å². The van der Waals surface area contributed by atoms with Gasteiger partial charge in [-0.15, -0.1) is 11.3 Å². The van der Waals surface area contributed by atoms with Gasteiger partial charge >= 0.3 is 0 Å². The number of benzene rings is 1. The maximum atomic E-state index is 12.9. The monoisotopic (exact) mass is 424 g/mol. The zero-order valence-electron chi connectivity index (χ0n) is 15.8. The molecule has 0 bridgehead atoms. The van der Waals surface area contributed by atoms with Gasteiger partial charge in [0.05, 0.1) is 11.1 Å². The molecule has 3 aromatic heterocycles. The Hall–Kier alpha value is -3.03. The second-order valence-corrected chi connectivity index (χ2v) is 7.78. The SMILES string of the molecule is CCn1cc(C(=O)Nc2nc(-c3ccc(Cl)cc3)cs2)c(=O)c2ccc(C)nc21. The Morgan fingerprint density at radius 1 is 1.17 bits per heavy atom. The van der Waals surface area contributed by atoms with Crippen LogP contribution in [0.5, 0.6) is 0 Å². The third kappa shape index (κ3) is 3.79. The highest BCUT2D eigenvalue weighted by molar-refractivity contribution is 7.14. The minimum atomic E-state index is -0.489. The van der Waals surface area contributed by atoms with Gasteiger partial charge in [0.2, 0.25) is 5.43 Å². The Morgan fingerprint density at radius 2 is 1.93 bits per heavy atom. The van der Waals surface area contributed by atoms with Crippen LogP contribution in [-0.2, 0) is 6.54 Å². The lowest BCUT2D eigenvalue weighted by Crippen LogP contribution is -2.24. The number of carbonyl (C=O) groups excluding carboxylic acids is 1. The molecule has 146 valence electrons. The number of aryl methyl sites for hydroxylation is 2. The number of thiazole rings is 1. The predicted octanol–water partition coefficient (Wildman–Crippen LogP) is 4.75. The van der Waals surface area contributed by atoms with Crippen molar-refractivity contribution in [3.63, 3.8) is 0 Å². The largest absolute Gasteiger partial charge is 0.332 e. The summed E-state index contributed by atoms with van der Waals surface area (Å²) in [4.78, 5) is 34.6. The van der Waals surface area contributed by atoms with Crippen molar-refractivity contribution in [2.75, 3.05) is 5.32 Å². The summed E-state index contributed by atoms with van der Waals surface area (Å²) in [7, 11) is 0. The lowest BCUT2D eigenvalue weighted by molar-refractivity contribution is 0.102. The minimum absolute atomic E-state index is 0.0632. The van der Waals surface area contributed by atoms with Gasteiger partial charge in [0, 0.05) is 34.4 Å². The van der Waals surface area contributed by atoms with Gasteiger partial charge in [0.1, 0.15) is 11.2 Å². The first-order chi connectivity index (χ1) is 14.0. The molecule has 0 unspecified atom stereocenters. The third-order valence-corrected chi connectivity index (χ3v) is 5.52. The topological polar surface area (TPSA) is 76.9 Å². The number of nitrogens with zero attached hydrogens (tertiary/aromatic N) is 3. The van der Waals surface area contributed by atoms with Crippen LogP contribution >= 0.6 is 22.9 Å². The lowest BCUT2D eigenvalue weighted by Gasteiger charge is -2.11. The number of nitrogens with one attached hydrogen (secondary N) is 1. The zero-order chi connectivity index (χ0) is 20.5. The molecule has 29 heavy (non-hydrogen) atoms. The predicted molar refractivity (Wildman–Crippen MR) is 117 cm³/mol. The first-order valence-electron chi connectivity index (χ1n) is 9.00. The zero-order valence-corrected chi connectivity index (χ0v) is 17.3. The van der Waals surface area contributed by atoms with Crippen LogP contribution in [0.3, 0.4) is 0 Å². The van der Waals surface area contributed by atoms with E-state index in [1.807, 2.05) is 31.4 Å². The highest BCUT2D eigenvalue weighted by Gasteiger charge is 2.17. The van der Waals surface area contributed by atoms with E-state index in [2.05, 4.69) is 15.3 Å². The molecule has 4 rings (SSSR count). The summed E-state index contributed by atoms with van der Waals surface area (Å²) in [6.45, 7) is 4.39. The van der Waals surface area contributed by atoms with Crippen molar-refractivity contribution in [2.45, 2.75) is 20.4 Å². The van der Waals surface area contributed by atoms with Gasteiger partial charge in [0.15, 0.2) is 5.13 Å². The number of anilines is 1. The molecule has 6 nitrogen and oxygen atoms in total. The highest BCUT2D eigenvalue weighted by atomic mass is 35.5. The fourth-order valence-electron chi connectivity index (χ4n) is 3.01. The average Bonchev–Trinajstić information content (AvgIpc) is 3.17. The standard InChI is InChI=1S/C21H17ClN4O2S/c1-3-26-10-16(18(27)15-9-4-12(2)23-19(15)26)20(28)25-21-24-17(11-29-21)13-5-7-14(22)8-6-13/h4-11H,3H2,1-2H3,(H,24,25,28). The molecule has 0 spiro atoms. The smallest absolute Gasteiger partial charge is 0.262 e. The number of hydrogen-bond acceptors (Lipinski definition) is 5. The summed E-state index contributed by atoms with van der Waals surface area (Å²) in [5, 5.41) is 6.07. The van der Waals surface area contributed by atoms with Crippen molar-refractivity contribution in [1.82, 2.24) is 14.5 Å². The van der Waals surface area contributed by atoms with Crippen LogP contribution in [0.15, 0.2) is 52.8 Å². The number of fused-ring (bicyclic) bond motifs is 1. The number of pyridine rings is 2. The van der Waals surface area contributed by atoms with E-state index in [1.54, 1.807) is 35.0 Å². The number of rotatable bonds is 4. The molecular formula is C21H17ClN4O2S. The van der Waals surface area contributed by atoms with E-state index >= 15 is 0 Å². The molecule has 1 amide bonds. The first-order valence-corrected chi connectivity index (χ1v) is 10.3. The molecule has 8 heteroatoms. The van der Waals surface area contributed by atoms with Crippen LogP contribution in [-0.4, -0.2) is 20.4 Å². The molecule has 1 N–H and O–H groups in total. The van der Waals surface area contributed by atoms with Crippen molar-refractivity contribution in [3.8, 4) is 11.3 Å². The Kier molecular flexibility index (Phi) is 5.17. The van der Waals surface area contributed by atoms with Crippen LogP contribution in [0.1, 0.15) is 23.0 Å². The average molecular weight is 425 g/mol. The molecule has 1 aromatic carbocycles. The molecule has 3 heterocycles. The fraction of sp³-hybridized carbons (Fsp3) is 0.143. The summed E-state index contributed by atoms with van der Waals surface area (Å²) in [6.07, 6.45) is 1.56. The summed E-state index contributed by atoms with van der Waals surface area (Å²) in [5.74, 6) is -0.489. The fourth-order valence-corrected chi connectivity index (χ4v) is 3.85. The van der Waals surface area contributed by atoms with Crippen LogP contribution < -0.4 is 10.7 Å². The summed E-state index contributed by atoms with van der Waals surface area (Å²) in [5.41, 5.74) is 2.73. The number of halogens is 1. The van der Waals surface area contributed by atoms with E-state index < -0.39 is 5.91 Å². The maximum Gasteiger partial charge on any atom is 0.262 e. The second-order valence-electron chi connectivity index (χ2n) is 6.48. The summed E-state index contributed by atoms with van der Waals surface area (Å²) in [6, 6.07) is 10.8. The quantitative estimate of drug-likeness (QED) is 0.512. The van der Waals surface area contributed by atoms with Crippen LogP contribution in [0, 0.1) is 6.92 Å². The van der Waals surface area contributed by atoms with Gasteiger partial charge in [-0.3, -0.25) is 14.9 Å². The molecule has 0 atom stereocenters. The van der Waals surface area contributed by atoms with E-state index in [9.17, 15) is 9.59 Å². The van der Waals surface area contributed by atoms with Crippen LogP contribution in [0.2, 0.25) is 5.02 Å². The molecule has 0 radical (unpaired) electrons. The normalized spacial score (nSPS) is 11.0. The minimum Gasteiger partial charge on any atom is -0.332 e. The lowest BCUT2D eigenvalue weighted by atomic mass is 10.1. The Labute approximate surface area is 175 Å². The molecule has 0 saturated carbocycles. The molecule has 0 saturated heterocycles. The number of aromatic nitrogens is 3. The van der Waals surface area contributed by atoms with Crippen molar-refractivity contribution in [2.24, 2.45) is 0 Å². The number of carbonyl (C=O) groups is 1. The second kappa shape index (κ2) is 7.77. The molecule has 0 fully saturated rings. The summed E-state index contributed by atoms with van der Waals surface area (Å²) < 4.78 is 1.81. The van der Waals surface area contributed by atoms with Gasteiger partial charge < -0.3 is 4.57 Å². The Morgan fingerprint density at radius 3 is 2.66 bits per heavy atom. The first kappa shape index (κ1) is 19.3. The van der Waals surface area contributed by atoms with E-state index in [1.165, 1.54) is 11.3 Å². The van der Waals surface area contributed by atoms with Gasteiger partial charge in [-0.25, -0.2) is 9.97 Å². The van der Waals surface area contributed by atoms with Crippen LogP contribution in [0.25, 0.3) is 22.3 Å². The van der Waals surface area contributed by atoms with Gasteiger partial charge in [-0.05, 0) is 38.1 Å². The van der Waals surface area contributed by atoms with E-state index in [0.29, 0.717) is 27.7 Å². The third-order valence-electron chi connectivity index (χ3n) is 4.51. The van der Waals surface area contributed by atoms with Gasteiger partial charge in [0.25, 0.3) is 5.91 Å². The maximum absolute atomic E-state index is 12.9. The van der Waals surface area contributed by atoms with Gasteiger partial charge in [-0.2, -0.15) is 0 Å². The number of amides is 1. The van der Waals surface area contributed by atoms with Crippen molar-refractivity contribution < 1.29 is 4.79 Å².